The van der Waals surface area contributed by atoms with E-state index in [1.807, 2.05) is 37.3 Å². The average Bonchev–Trinajstić information content (AvgIpc) is 2.62. The molecule has 1 aromatic heterocycles. The van der Waals surface area contributed by atoms with Crippen LogP contribution in [0.4, 0.5) is 36.3 Å². The monoisotopic (exact) mass is 358 g/mol. The highest BCUT2D eigenvalue weighted by Crippen LogP contribution is 2.35. The first-order valence-corrected chi connectivity index (χ1v) is 8.08. The van der Waals surface area contributed by atoms with E-state index < -0.39 is 11.7 Å². The topological polar surface area (TPSA) is 49.8 Å². The number of aromatic nitrogens is 2. The standard InChI is InChI=1S/C19H17F3N4/c1-2-13-8-6-7-11-16(13)25-17-15(19(20,21)22)12-23-18(26-17)24-14-9-4-3-5-10-14/h3-12H,2H2,1H3,(H2,23,24,25,26). The number of rotatable bonds is 5. The first-order chi connectivity index (χ1) is 12.5. The van der Waals surface area contributed by atoms with Gasteiger partial charge in [-0.15, -0.1) is 0 Å². The Bertz CT molecular complexity index is 879. The Morgan fingerprint density at radius 3 is 2.31 bits per heavy atom. The number of nitrogens with one attached hydrogen (secondary N) is 2. The van der Waals surface area contributed by atoms with E-state index in [4.69, 9.17) is 0 Å². The van der Waals surface area contributed by atoms with Crippen molar-refractivity contribution >= 4 is 23.1 Å². The van der Waals surface area contributed by atoms with Gasteiger partial charge in [-0.05, 0) is 30.2 Å². The fourth-order valence-corrected chi connectivity index (χ4v) is 2.47. The Kier molecular flexibility index (Phi) is 5.06. The summed E-state index contributed by atoms with van der Waals surface area (Å²) < 4.78 is 40.1. The number of anilines is 4. The SMILES string of the molecule is CCc1ccccc1Nc1nc(Nc2ccccc2)ncc1C(F)(F)F. The van der Waals surface area contributed by atoms with Gasteiger partial charge in [-0.2, -0.15) is 18.2 Å². The molecule has 0 bridgehead atoms. The Morgan fingerprint density at radius 2 is 1.62 bits per heavy atom. The molecule has 1 heterocycles. The highest BCUT2D eigenvalue weighted by atomic mass is 19.4. The van der Waals surface area contributed by atoms with Crippen LogP contribution in [0.25, 0.3) is 0 Å². The molecule has 0 aliphatic carbocycles. The van der Waals surface area contributed by atoms with Crippen LogP contribution in [0.5, 0.6) is 0 Å². The van der Waals surface area contributed by atoms with Gasteiger partial charge in [0.1, 0.15) is 11.4 Å². The number of halogens is 3. The number of hydrogen-bond donors (Lipinski definition) is 2. The van der Waals surface area contributed by atoms with Gasteiger partial charge in [-0.3, -0.25) is 0 Å². The number of nitrogens with zero attached hydrogens (tertiary/aromatic N) is 2. The quantitative estimate of drug-likeness (QED) is 0.628. The van der Waals surface area contributed by atoms with Gasteiger partial charge >= 0.3 is 6.18 Å². The third-order valence-corrected chi connectivity index (χ3v) is 3.78. The molecule has 7 heteroatoms. The minimum Gasteiger partial charge on any atom is -0.339 e. The number of para-hydroxylation sites is 2. The largest absolute Gasteiger partial charge is 0.421 e. The maximum absolute atomic E-state index is 13.4. The number of benzene rings is 2. The zero-order valence-corrected chi connectivity index (χ0v) is 14.0. The van der Waals surface area contributed by atoms with Crippen molar-refractivity contribution in [1.82, 2.24) is 9.97 Å². The fraction of sp³-hybridized carbons (Fsp3) is 0.158. The first-order valence-electron chi connectivity index (χ1n) is 8.08. The van der Waals surface area contributed by atoms with Crippen molar-refractivity contribution in [1.29, 1.82) is 0 Å². The average molecular weight is 358 g/mol. The molecule has 0 fully saturated rings. The lowest BCUT2D eigenvalue weighted by Gasteiger charge is -2.16. The van der Waals surface area contributed by atoms with Crippen LogP contribution < -0.4 is 10.6 Å². The summed E-state index contributed by atoms with van der Waals surface area (Å²) in [5, 5.41) is 5.72. The molecule has 0 aliphatic rings. The van der Waals surface area contributed by atoms with Crippen LogP contribution in [0.15, 0.2) is 60.8 Å². The van der Waals surface area contributed by atoms with Crippen molar-refractivity contribution in [3.63, 3.8) is 0 Å². The Labute approximate surface area is 149 Å². The van der Waals surface area contributed by atoms with Gasteiger partial charge in [-0.1, -0.05) is 43.3 Å². The summed E-state index contributed by atoms with van der Waals surface area (Å²) in [6, 6.07) is 16.2. The molecule has 3 rings (SSSR count). The Morgan fingerprint density at radius 1 is 0.923 bits per heavy atom. The molecule has 0 aliphatic heterocycles. The van der Waals surface area contributed by atoms with Crippen LogP contribution in [0.3, 0.4) is 0 Å². The van der Waals surface area contributed by atoms with Crippen molar-refractivity contribution in [3.8, 4) is 0 Å². The van der Waals surface area contributed by atoms with E-state index in [2.05, 4.69) is 20.6 Å². The minimum absolute atomic E-state index is 0.0840. The summed E-state index contributed by atoms with van der Waals surface area (Å²) in [5.74, 6) is -0.201. The summed E-state index contributed by atoms with van der Waals surface area (Å²) in [4.78, 5) is 7.85. The number of aryl methyl sites for hydroxylation is 1. The van der Waals surface area contributed by atoms with Gasteiger partial charge in [0, 0.05) is 17.6 Å². The maximum Gasteiger partial charge on any atom is 0.421 e. The third-order valence-electron chi connectivity index (χ3n) is 3.78. The molecule has 0 atom stereocenters. The molecule has 0 radical (unpaired) electrons. The molecule has 2 aromatic carbocycles. The zero-order valence-electron chi connectivity index (χ0n) is 14.0. The van der Waals surface area contributed by atoms with Gasteiger partial charge < -0.3 is 10.6 Å². The summed E-state index contributed by atoms with van der Waals surface area (Å²) in [7, 11) is 0. The first kappa shape index (κ1) is 17.7. The molecule has 0 unspecified atom stereocenters. The lowest BCUT2D eigenvalue weighted by atomic mass is 10.1. The zero-order chi connectivity index (χ0) is 18.6. The predicted molar refractivity (Wildman–Crippen MR) is 95.9 cm³/mol. The predicted octanol–water partition coefficient (Wildman–Crippen LogP) is 5.55. The molecule has 26 heavy (non-hydrogen) atoms. The van der Waals surface area contributed by atoms with Gasteiger partial charge in [0.25, 0.3) is 0 Å². The van der Waals surface area contributed by atoms with Gasteiger partial charge in [0.05, 0.1) is 0 Å². The van der Waals surface area contributed by atoms with Crippen molar-refractivity contribution in [2.24, 2.45) is 0 Å². The molecule has 0 amide bonds. The molecule has 0 saturated heterocycles. The van der Waals surface area contributed by atoms with Crippen LogP contribution in [0.1, 0.15) is 18.1 Å². The van der Waals surface area contributed by atoms with E-state index in [9.17, 15) is 13.2 Å². The number of alkyl halides is 3. The third kappa shape index (κ3) is 4.11. The van der Waals surface area contributed by atoms with E-state index in [0.29, 0.717) is 17.8 Å². The summed E-state index contributed by atoms with van der Waals surface area (Å²) in [6.45, 7) is 1.94. The second-order valence-corrected chi connectivity index (χ2v) is 5.58. The molecule has 134 valence electrons. The second-order valence-electron chi connectivity index (χ2n) is 5.58. The van der Waals surface area contributed by atoms with E-state index >= 15 is 0 Å². The van der Waals surface area contributed by atoms with Gasteiger partial charge in [-0.25, -0.2) is 4.98 Å². The molecular weight excluding hydrogens is 341 g/mol. The lowest BCUT2D eigenvalue weighted by molar-refractivity contribution is -0.137. The summed E-state index contributed by atoms with van der Waals surface area (Å²) in [5.41, 5.74) is 1.26. The van der Waals surface area contributed by atoms with E-state index in [-0.39, 0.29) is 11.8 Å². The normalized spacial score (nSPS) is 11.2. The van der Waals surface area contributed by atoms with E-state index in [1.54, 1.807) is 24.3 Å². The number of hydrogen-bond acceptors (Lipinski definition) is 4. The molecule has 3 aromatic rings. The molecule has 0 saturated carbocycles. The fourth-order valence-electron chi connectivity index (χ4n) is 2.47. The van der Waals surface area contributed by atoms with Crippen molar-refractivity contribution in [2.45, 2.75) is 19.5 Å². The second kappa shape index (κ2) is 7.43. The maximum atomic E-state index is 13.4. The van der Waals surface area contributed by atoms with Crippen LogP contribution in [0, 0.1) is 0 Å². The van der Waals surface area contributed by atoms with Crippen LogP contribution in [0.2, 0.25) is 0 Å². The highest BCUT2D eigenvalue weighted by molar-refractivity contribution is 5.65. The van der Waals surface area contributed by atoms with Crippen LogP contribution >= 0.6 is 0 Å². The smallest absolute Gasteiger partial charge is 0.339 e. The van der Waals surface area contributed by atoms with Crippen molar-refractivity contribution in [2.75, 3.05) is 10.6 Å². The van der Waals surface area contributed by atoms with Crippen LogP contribution in [-0.2, 0) is 12.6 Å². The highest BCUT2D eigenvalue weighted by Gasteiger charge is 2.35. The summed E-state index contributed by atoms with van der Waals surface area (Å²) in [6.07, 6.45) is -3.09. The van der Waals surface area contributed by atoms with Gasteiger partial charge in [0.2, 0.25) is 5.95 Å². The molecular formula is C19H17F3N4. The van der Waals surface area contributed by atoms with Gasteiger partial charge in [0.15, 0.2) is 0 Å². The Balaban J connectivity index is 1.98. The van der Waals surface area contributed by atoms with E-state index in [0.717, 1.165) is 11.8 Å². The van der Waals surface area contributed by atoms with E-state index in [1.165, 1.54) is 0 Å². The van der Waals surface area contributed by atoms with Crippen molar-refractivity contribution in [3.05, 3.63) is 71.9 Å². The molecule has 4 nitrogen and oxygen atoms in total. The Hall–Kier alpha value is -3.09. The molecule has 0 spiro atoms. The minimum atomic E-state index is -4.56. The van der Waals surface area contributed by atoms with Crippen molar-refractivity contribution < 1.29 is 13.2 Å². The lowest BCUT2D eigenvalue weighted by Crippen LogP contribution is -2.13. The molecule has 2 N–H and O–H groups in total. The summed E-state index contributed by atoms with van der Waals surface area (Å²) >= 11 is 0. The van der Waals surface area contributed by atoms with Crippen LogP contribution in [-0.4, -0.2) is 9.97 Å².